The summed E-state index contributed by atoms with van der Waals surface area (Å²) in [5.41, 5.74) is 1.83. The average molecular weight is 271 g/mol. The molecule has 5 heteroatoms. The van der Waals surface area contributed by atoms with Crippen molar-refractivity contribution in [2.45, 2.75) is 13.3 Å². The van der Waals surface area contributed by atoms with Gasteiger partial charge in [-0.15, -0.1) is 0 Å². The lowest BCUT2D eigenvalue weighted by Gasteiger charge is -2.10. The molecule has 0 fully saturated rings. The maximum Gasteiger partial charge on any atom is 0.239 e. The van der Waals surface area contributed by atoms with Crippen LogP contribution in [0, 0.1) is 6.92 Å². The zero-order chi connectivity index (χ0) is 13.4. The summed E-state index contributed by atoms with van der Waals surface area (Å²) in [6.45, 7) is 3.44. The van der Waals surface area contributed by atoms with E-state index in [1.807, 2.05) is 25.1 Å². The molecule has 1 aromatic carbocycles. The molecular weight excluding hydrogens is 252 g/mol. The van der Waals surface area contributed by atoms with E-state index in [0.29, 0.717) is 18.2 Å². The van der Waals surface area contributed by atoms with Crippen LogP contribution in [0.1, 0.15) is 12.0 Å². The summed E-state index contributed by atoms with van der Waals surface area (Å²) in [6, 6.07) is 5.58. The summed E-state index contributed by atoms with van der Waals surface area (Å²) in [5.74, 6) is -0.0366. The number of carbonyl (C=O) groups is 1. The lowest BCUT2D eigenvalue weighted by Crippen LogP contribution is -2.31. The molecule has 0 unspecified atom stereocenters. The molecule has 0 saturated heterocycles. The topological polar surface area (TPSA) is 50.4 Å². The van der Waals surface area contributed by atoms with Crippen molar-refractivity contribution in [3.8, 4) is 0 Å². The molecule has 1 amide bonds. The van der Waals surface area contributed by atoms with Gasteiger partial charge in [0, 0.05) is 31.0 Å². The second kappa shape index (κ2) is 7.95. The Kier molecular flexibility index (Phi) is 6.54. The van der Waals surface area contributed by atoms with Crippen molar-refractivity contribution >= 4 is 23.2 Å². The van der Waals surface area contributed by atoms with E-state index in [1.165, 1.54) is 0 Å². The van der Waals surface area contributed by atoms with Crippen LogP contribution >= 0.6 is 11.6 Å². The van der Waals surface area contributed by atoms with Crippen molar-refractivity contribution in [2.24, 2.45) is 0 Å². The lowest BCUT2D eigenvalue weighted by atomic mass is 10.2. The number of methoxy groups -OCH3 is 1. The van der Waals surface area contributed by atoms with Gasteiger partial charge >= 0.3 is 0 Å². The predicted octanol–water partition coefficient (Wildman–Crippen LogP) is 2.21. The zero-order valence-electron chi connectivity index (χ0n) is 10.8. The molecule has 0 spiro atoms. The highest BCUT2D eigenvalue weighted by atomic mass is 35.5. The van der Waals surface area contributed by atoms with E-state index < -0.39 is 0 Å². The second-order valence-corrected chi connectivity index (χ2v) is 4.37. The Labute approximate surface area is 113 Å². The number of halogens is 1. The molecule has 1 aromatic rings. The van der Waals surface area contributed by atoms with Crippen molar-refractivity contribution in [3.05, 3.63) is 28.8 Å². The molecule has 1 rings (SSSR count). The number of amides is 1. The number of hydrogen-bond donors (Lipinski definition) is 2. The van der Waals surface area contributed by atoms with Gasteiger partial charge in [0.1, 0.15) is 0 Å². The van der Waals surface area contributed by atoms with Crippen molar-refractivity contribution < 1.29 is 9.53 Å². The molecule has 0 aliphatic carbocycles. The summed E-state index contributed by atoms with van der Waals surface area (Å²) in [7, 11) is 1.64. The van der Waals surface area contributed by atoms with Crippen LogP contribution < -0.4 is 10.6 Å². The number of hydrogen-bond acceptors (Lipinski definition) is 3. The van der Waals surface area contributed by atoms with Crippen LogP contribution in [0.3, 0.4) is 0 Å². The van der Waals surface area contributed by atoms with Crippen molar-refractivity contribution in [1.29, 1.82) is 0 Å². The summed E-state index contributed by atoms with van der Waals surface area (Å²) < 4.78 is 4.90. The standard InChI is InChI=1S/C13H19ClN2O2/c1-10-11(14)5-3-6-12(10)16-9-13(17)15-7-4-8-18-2/h3,5-6,16H,4,7-9H2,1-2H3,(H,15,17). The smallest absolute Gasteiger partial charge is 0.239 e. The van der Waals surface area contributed by atoms with Crippen LogP contribution in [-0.2, 0) is 9.53 Å². The SMILES string of the molecule is COCCCNC(=O)CNc1cccc(Cl)c1C. The molecule has 2 N–H and O–H groups in total. The van der Waals surface area contributed by atoms with E-state index in [9.17, 15) is 4.79 Å². The van der Waals surface area contributed by atoms with Gasteiger partial charge in [-0.3, -0.25) is 4.79 Å². The first-order valence-corrected chi connectivity index (χ1v) is 6.27. The third-order valence-corrected chi connectivity index (χ3v) is 2.96. The average Bonchev–Trinajstić information content (AvgIpc) is 2.36. The quantitative estimate of drug-likeness (QED) is 0.747. The Morgan fingerprint density at radius 2 is 2.22 bits per heavy atom. The fourth-order valence-corrected chi connectivity index (χ4v) is 1.66. The van der Waals surface area contributed by atoms with Crippen molar-refractivity contribution in [2.75, 3.05) is 32.1 Å². The first kappa shape index (κ1) is 14.8. The van der Waals surface area contributed by atoms with Gasteiger partial charge in [0.15, 0.2) is 0 Å². The molecule has 0 bridgehead atoms. The third kappa shape index (κ3) is 4.94. The molecule has 0 saturated carbocycles. The third-order valence-electron chi connectivity index (χ3n) is 2.55. The Morgan fingerprint density at radius 1 is 1.44 bits per heavy atom. The molecule has 4 nitrogen and oxygen atoms in total. The minimum atomic E-state index is -0.0366. The van der Waals surface area contributed by atoms with Crippen LogP contribution in [-0.4, -0.2) is 32.7 Å². The minimum absolute atomic E-state index is 0.0366. The Bertz CT molecular complexity index is 397. The molecule has 18 heavy (non-hydrogen) atoms. The number of carbonyl (C=O) groups excluding carboxylic acids is 1. The summed E-state index contributed by atoms with van der Waals surface area (Å²) in [5, 5.41) is 6.57. The van der Waals surface area contributed by atoms with E-state index in [4.69, 9.17) is 16.3 Å². The van der Waals surface area contributed by atoms with Crippen molar-refractivity contribution in [3.63, 3.8) is 0 Å². The highest BCUT2D eigenvalue weighted by molar-refractivity contribution is 6.31. The molecule has 0 heterocycles. The summed E-state index contributed by atoms with van der Waals surface area (Å²) in [6.07, 6.45) is 0.818. The first-order chi connectivity index (χ1) is 8.65. The van der Waals surface area contributed by atoms with Gasteiger partial charge in [-0.25, -0.2) is 0 Å². The van der Waals surface area contributed by atoms with Crippen molar-refractivity contribution in [1.82, 2.24) is 5.32 Å². The summed E-state index contributed by atoms with van der Waals surface area (Å²) >= 11 is 5.99. The number of benzene rings is 1. The van der Waals surface area contributed by atoms with Crippen LogP contribution in [0.2, 0.25) is 5.02 Å². The number of nitrogens with one attached hydrogen (secondary N) is 2. The van der Waals surface area contributed by atoms with Crippen LogP contribution in [0.15, 0.2) is 18.2 Å². The maximum atomic E-state index is 11.5. The normalized spacial score (nSPS) is 10.2. The number of rotatable bonds is 7. The van der Waals surface area contributed by atoms with Gasteiger partial charge in [0.25, 0.3) is 0 Å². The van der Waals surface area contributed by atoms with E-state index in [-0.39, 0.29) is 12.5 Å². The van der Waals surface area contributed by atoms with Crippen LogP contribution in [0.4, 0.5) is 5.69 Å². The second-order valence-electron chi connectivity index (χ2n) is 3.96. The monoisotopic (exact) mass is 270 g/mol. The van der Waals surface area contributed by atoms with E-state index in [2.05, 4.69) is 10.6 Å². The molecule has 0 atom stereocenters. The largest absolute Gasteiger partial charge is 0.385 e. The van der Waals surface area contributed by atoms with Gasteiger partial charge in [-0.1, -0.05) is 17.7 Å². The number of anilines is 1. The van der Waals surface area contributed by atoms with Gasteiger partial charge in [-0.05, 0) is 31.0 Å². The molecule has 0 aliphatic rings. The molecule has 0 radical (unpaired) electrons. The van der Waals surface area contributed by atoms with Gasteiger partial charge in [0.2, 0.25) is 5.91 Å². The predicted molar refractivity (Wildman–Crippen MR) is 74.2 cm³/mol. The first-order valence-electron chi connectivity index (χ1n) is 5.89. The van der Waals surface area contributed by atoms with E-state index in [0.717, 1.165) is 17.7 Å². The Hall–Kier alpha value is -1.26. The van der Waals surface area contributed by atoms with Gasteiger partial charge in [-0.2, -0.15) is 0 Å². The fourth-order valence-electron chi connectivity index (χ4n) is 1.48. The Balaban J connectivity index is 2.32. The van der Waals surface area contributed by atoms with Crippen LogP contribution in [0.25, 0.3) is 0 Å². The molecule has 100 valence electrons. The van der Waals surface area contributed by atoms with Gasteiger partial charge in [0.05, 0.1) is 6.54 Å². The van der Waals surface area contributed by atoms with E-state index in [1.54, 1.807) is 7.11 Å². The Morgan fingerprint density at radius 3 is 2.94 bits per heavy atom. The maximum absolute atomic E-state index is 11.5. The highest BCUT2D eigenvalue weighted by Crippen LogP contribution is 2.22. The van der Waals surface area contributed by atoms with Crippen LogP contribution in [0.5, 0.6) is 0 Å². The highest BCUT2D eigenvalue weighted by Gasteiger charge is 2.04. The zero-order valence-corrected chi connectivity index (χ0v) is 11.5. The van der Waals surface area contributed by atoms with E-state index >= 15 is 0 Å². The molecular formula is C13H19ClN2O2. The summed E-state index contributed by atoms with van der Waals surface area (Å²) in [4.78, 5) is 11.5. The molecule has 0 aromatic heterocycles. The minimum Gasteiger partial charge on any atom is -0.385 e. The number of ether oxygens (including phenoxy) is 1. The molecule has 0 aliphatic heterocycles. The fraction of sp³-hybridized carbons (Fsp3) is 0.462. The van der Waals surface area contributed by atoms with Gasteiger partial charge < -0.3 is 15.4 Å². The lowest BCUT2D eigenvalue weighted by molar-refractivity contribution is -0.119.